The Labute approximate surface area is 208 Å². The molecule has 0 radical (unpaired) electrons. The van der Waals surface area contributed by atoms with E-state index in [1.165, 1.54) is 23.1 Å². The minimum Gasteiger partial charge on any atom is -0.462 e. The molecule has 4 aromatic rings. The molecule has 0 bridgehead atoms. The van der Waals surface area contributed by atoms with Crippen LogP contribution >= 0.6 is 23.2 Å². The Morgan fingerprint density at radius 3 is 2.46 bits per heavy atom. The molecule has 0 saturated heterocycles. The summed E-state index contributed by atoms with van der Waals surface area (Å²) in [5.41, 5.74) is 0.832. The van der Waals surface area contributed by atoms with Crippen molar-refractivity contribution < 1.29 is 23.1 Å². The van der Waals surface area contributed by atoms with Crippen LogP contribution in [-0.2, 0) is 4.74 Å². The van der Waals surface area contributed by atoms with Crippen molar-refractivity contribution in [1.29, 1.82) is 0 Å². The first kappa shape index (κ1) is 23.1. The summed E-state index contributed by atoms with van der Waals surface area (Å²) in [5.74, 6) is -1.82. The van der Waals surface area contributed by atoms with Gasteiger partial charge in [-0.25, -0.2) is 9.18 Å². The van der Waals surface area contributed by atoms with Gasteiger partial charge in [0.25, 0.3) is 5.91 Å². The van der Waals surface area contributed by atoms with Crippen LogP contribution in [0.1, 0.15) is 45.0 Å². The third-order valence-corrected chi connectivity index (χ3v) is 6.49. The molecule has 2 heterocycles. The number of esters is 1. The molecule has 1 aliphatic rings. The van der Waals surface area contributed by atoms with Gasteiger partial charge in [0.2, 0.25) is 5.76 Å². The first-order valence-corrected chi connectivity index (χ1v) is 11.4. The smallest absolute Gasteiger partial charge is 0.338 e. The number of benzene rings is 3. The van der Waals surface area contributed by atoms with Gasteiger partial charge in [-0.2, -0.15) is 0 Å². The number of rotatable bonds is 4. The number of hydrogen-bond donors (Lipinski definition) is 0. The molecule has 1 amide bonds. The molecule has 176 valence electrons. The molecule has 1 aromatic heterocycles. The number of fused-ring (bicyclic) bond motifs is 2. The third kappa shape index (κ3) is 3.87. The molecular formula is C26H16Cl2FNO5. The van der Waals surface area contributed by atoms with Crippen LogP contribution in [0.15, 0.2) is 69.9 Å². The Bertz CT molecular complexity index is 1570. The molecule has 0 saturated carbocycles. The second kappa shape index (κ2) is 8.83. The lowest BCUT2D eigenvalue weighted by Crippen LogP contribution is -2.29. The number of anilines is 1. The predicted molar refractivity (Wildman–Crippen MR) is 130 cm³/mol. The van der Waals surface area contributed by atoms with Gasteiger partial charge in [0.1, 0.15) is 11.4 Å². The lowest BCUT2D eigenvalue weighted by molar-refractivity contribution is 0.0526. The van der Waals surface area contributed by atoms with Gasteiger partial charge in [-0.1, -0.05) is 29.3 Å². The largest absolute Gasteiger partial charge is 0.462 e. The zero-order valence-electron chi connectivity index (χ0n) is 18.2. The van der Waals surface area contributed by atoms with Crippen LogP contribution in [0, 0.1) is 5.82 Å². The second-order valence-electron chi connectivity index (χ2n) is 7.83. The van der Waals surface area contributed by atoms with E-state index < -0.39 is 29.2 Å². The van der Waals surface area contributed by atoms with Crippen LogP contribution in [0.2, 0.25) is 10.0 Å². The normalized spacial score (nSPS) is 14.9. The van der Waals surface area contributed by atoms with Crippen molar-refractivity contribution in [1.82, 2.24) is 0 Å². The van der Waals surface area contributed by atoms with E-state index >= 15 is 0 Å². The maximum Gasteiger partial charge on any atom is 0.338 e. The van der Waals surface area contributed by atoms with Crippen molar-refractivity contribution in [2.75, 3.05) is 11.5 Å². The van der Waals surface area contributed by atoms with Crippen LogP contribution in [0.3, 0.4) is 0 Å². The molecule has 35 heavy (non-hydrogen) atoms. The molecule has 1 aliphatic heterocycles. The summed E-state index contributed by atoms with van der Waals surface area (Å²) in [6.07, 6.45) is 0. The van der Waals surface area contributed by atoms with Crippen LogP contribution < -0.4 is 10.3 Å². The topological polar surface area (TPSA) is 76.8 Å². The van der Waals surface area contributed by atoms with E-state index in [2.05, 4.69) is 0 Å². The van der Waals surface area contributed by atoms with Crippen molar-refractivity contribution in [3.8, 4) is 0 Å². The molecule has 0 aliphatic carbocycles. The first-order valence-electron chi connectivity index (χ1n) is 10.6. The van der Waals surface area contributed by atoms with E-state index in [1.54, 1.807) is 37.3 Å². The SMILES string of the molecule is CCOC(=O)c1ccc(N2C(=O)c3oc4ccc(F)cc4c(=O)c3C2c2ccc(Cl)c(Cl)c2)cc1. The summed E-state index contributed by atoms with van der Waals surface area (Å²) in [6, 6.07) is 13.6. The zero-order valence-corrected chi connectivity index (χ0v) is 19.7. The van der Waals surface area contributed by atoms with Gasteiger partial charge in [-0.3, -0.25) is 14.5 Å². The highest BCUT2D eigenvalue weighted by molar-refractivity contribution is 6.42. The Morgan fingerprint density at radius 2 is 1.77 bits per heavy atom. The molecule has 1 atom stereocenters. The third-order valence-electron chi connectivity index (χ3n) is 5.75. The van der Waals surface area contributed by atoms with Gasteiger partial charge < -0.3 is 9.15 Å². The lowest BCUT2D eigenvalue weighted by Gasteiger charge is -2.25. The first-order chi connectivity index (χ1) is 16.8. The number of hydrogen-bond acceptors (Lipinski definition) is 5. The fraction of sp³-hybridized carbons (Fsp3) is 0.115. The highest BCUT2D eigenvalue weighted by atomic mass is 35.5. The summed E-state index contributed by atoms with van der Waals surface area (Å²) >= 11 is 12.3. The van der Waals surface area contributed by atoms with Gasteiger partial charge in [0.05, 0.1) is 39.2 Å². The highest BCUT2D eigenvalue weighted by Crippen LogP contribution is 2.42. The predicted octanol–water partition coefficient (Wildman–Crippen LogP) is 6.17. The lowest BCUT2D eigenvalue weighted by atomic mass is 9.98. The molecule has 9 heteroatoms. The molecule has 1 unspecified atom stereocenters. The van der Waals surface area contributed by atoms with Gasteiger partial charge in [0.15, 0.2) is 5.43 Å². The van der Waals surface area contributed by atoms with E-state index in [9.17, 15) is 18.8 Å². The van der Waals surface area contributed by atoms with Crippen LogP contribution in [0.4, 0.5) is 10.1 Å². The molecule has 0 fully saturated rings. The molecule has 6 nitrogen and oxygen atoms in total. The average molecular weight is 512 g/mol. The van der Waals surface area contributed by atoms with Crippen LogP contribution in [0.25, 0.3) is 11.0 Å². The molecule has 3 aromatic carbocycles. The molecule has 0 spiro atoms. The number of nitrogens with zero attached hydrogens (tertiary/aromatic N) is 1. The van der Waals surface area contributed by atoms with Gasteiger partial charge in [-0.15, -0.1) is 0 Å². The van der Waals surface area contributed by atoms with Gasteiger partial charge in [-0.05, 0) is 67.1 Å². The zero-order chi connectivity index (χ0) is 24.9. The maximum absolute atomic E-state index is 13.9. The number of carbonyl (C=O) groups is 2. The van der Waals surface area contributed by atoms with E-state index in [0.717, 1.165) is 12.1 Å². The van der Waals surface area contributed by atoms with Crippen molar-refractivity contribution in [2.45, 2.75) is 13.0 Å². The number of halogens is 3. The number of amides is 1. The van der Waals surface area contributed by atoms with Gasteiger partial charge in [0, 0.05) is 5.69 Å². The second-order valence-corrected chi connectivity index (χ2v) is 8.65. The fourth-order valence-electron chi connectivity index (χ4n) is 4.18. The summed E-state index contributed by atoms with van der Waals surface area (Å²) < 4.78 is 24.8. The quantitative estimate of drug-likeness (QED) is 0.306. The summed E-state index contributed by atoms with van der Waals surface area (Å²) in [4.78, 5) is 40.5. The molecular weight excluding hydrogens is 496 g/mol. The number of carbonyl (C=O) groups excluding carboxylic acids is 2. The average Bonchev–Trinajstić information content (AvgIpc) is 3.14. The Morgan fingerprint density at radius 1 is 1.03 bits per heavy atom. The Kier molecular flexibility index (Phi) is 5.83. The minimum absolute atomic E-state index is 0.0149. The summed E-state index contributed by atoms with van der Waals surface area (Å²) in [6.45, 7) is 1.93. The van der Waals surface area contributed by atoms with E-state index in [0.29, 0.717) is 21.8 Å². The van der Waals surface area contributed by atoms with Crippen molar-refractivity contribution in [2.24, 2.45) is 0 Å². The Hall–Kier alpha value is -3.68. The highest BCUT2D eigenvalue weighted by Gasteiger charge is 2.43. The van der Waals surface area contributed by atoms with Gasteiger partial charge >= 0.3 is 5.97 Å². The van der Waals surface area contributed by atoms with Crippen molar-refractivity contribution in [3.63, 3.8) is 0 Å². The minimum atomic E-state index is -0.926. The van der Waals surface area contributed by atoms with E-state index in [1.807, 2.05) is 0 Å². The van der Waals surface area contributed by atoms with Crippen LogP contribution in [-0.4, -0.2) is 18.5 Å². The van der Waals surface area contributed by atoms with E-state index in [-0.39, 0.29) is 33.9 Å². The molecule has 0 N–H and O–H groups in total. The maximum atomic E-state index is 13.9. The summed E-state index contributed by atoms with van der Waals surface area (Å²) in [5, 5.41) is 0.554. The fourth-order valence-corrected chi connectivity index (χ4v) is 4.49. The monoisotopic (exact) mass is 511 g/mol. The van der Waals surface area contributed by atoms with Crippen molar-refractivity contribution >= 4 is 51.7 Å². The Balaban J connectivity index is 1.72. The summed E-state index contributed by atoms with van der Waals surface area (Å²) in [7, 11) is 0. The van der Waals surface area contributed by atoms with Crippen molar-refractivity contribution in [3.05, 3.63) is 109 Å². The molecule has 5 rings (SSSR count). The standard InChI is InChI=1S/C26H16Cl2FNO5/c1-2-34-26(33)13-3-7-16(8-4-13)30-22(14-5-9-18(27)19(28)11-14)21-23(31)17-12-15(29)6-10-20(17)35-24(21)25(30)32/h3-12,22H,2H2,1H3. The van der Waals surface area contributed by atoms with E-state index in [4.69, 9.17) is 32.4 Å². The van der Waals surface area contributed by atoms with Crippen LogP contribution in [0.5, 0.6) is 0 Å². The number of ether oxygens (including phenoxy) is 1.